The summed E-state index contributed by atoms with van der Waals surface area (Å²) in [5.41, 5.74) is 5.29. The minimum Gasteiger partial charge on any atom is -0.493 e. The first kappa shape index (κ1) is 18.8. The normalized spacial score (nSPS) is 12.9. The lowest BCUT2D eigenvalue weighted by atomic mass is 10.1. The molecule has 0 saturated carbocycles. The van der Waals surface area contributed by atoms with E-state index >= 15 is 0 Å². The highest BCUT2D eigenvalue weighted by Gasteiger charge is 2.12. The average Bonchev–Trinajstić information content (AvgIpc) is 2.71. The van der Waals surface area contributed by atoms with Gasteiger partial charge in [0.15, 0.2) is 28.1 Å². The smallest absolute Gasteiger partial charge is 0.191 e. The van der Waals surface area contributed by atoms with E-state index in [-0.39, 0.29) is 0 Å². The van der Waals surface area contributed by atoms with Gasteiger partial charge in [0.2, 0.25) is 0 Å². The molecule has 2 aromatic carbocycles. The van der Waals surface area contributed by atoms with Crippen molar-refractivity contribution in [2.75, 3.05) is 32.8 Å². The maximum atomic E-state index is 5.60. The van der Waals surface area contributed by atoms with Crippen molar-refractivity contribution >= 4 is 28.7 Å². The Kier molecular flexibility index (Phi) is 5.97. The summed E-state index contributed by atoms with van der Waals surface area (Å²) in [6.07, 6.45) is 0. The number of hydrogen-bond donors (Lipinski definition) is 2. The van der Waals surface area contributed by atoms with Crippen molar-refractivity contribution in [2.24, 2.45) is 5.10 Å². The molecule has 0 aliphatic carbocycles. The van der Waals surface area contributed by atoms with Crippen LogP contribution < -0.4 is 29.7 Å². The maximum Gasteiger partial charge on any atom is 0.191 e. The highest BCUT2D eigenvalue weighted by atomic mass is 32.1. The number of methoxy groups -OCH3 is 2. The van der Waals surface area contributed by atoms with Crippen LogP contribution >= 0.6 is 12.2 Å². The zero-order valence-electron chi connectivity index (χ0n) is 15.4. The minimum atomic E-state index is 0.360. The Morgan fingerprint density at radius 1 is 1.00 bits per heavy atom. The summed E-state index contributed by atoms with van der Waals surface area (Å²) in [6, 6.07) is 11.1. The fraction of sp³-hybridized carbons (Fsp3) is 0.263. The maximum absolute atomic E-state index is 5.60. The molecule has 2 aromatic rings. The van der Waals surface area contributed by atoms with Crippen molar-refractivity contribution in [1.82, 2.24) is 5.43 Å². The zero-order chi connectivity index (χ0) is 19.2. The second-order valence-corrected chi connectivity index (χ2v) is 6.10. The van der Waals surface area contributed by atoms with E-state index in [1.807, 2.05) is 31.2 Å². The summed E-state index contributed by atoms with van der Waals surface area (Å²) in [5, 5.41) is 7.74. The van der Waals surface area contributed by atoms with E-state index < -0.39 is 0 Å². The molecule has 27 heavy (non-hydrogen) atoms. The number of hydrogen-bond acceptors (Lipinski definition) is 6. The minimum absolute atomic E-state index is 0.360. The van der Waals surface area contributed by atoms with Crippen molar-refractivity contribution in [2.45, 2.75) is 6.92 Å². The third-order valence-corrected chi connectivity index (χ3v) is 4.12. The molecular weight excluding hydrogens is 366 g/mol. The SMILES string of the molecule is COc1ccc(NC(=S)NN=C(C)c2ccc3c(c2)OCCO3)cc1OC. The molecule has 0 bridgehead atoms. The second-order valence-electron chi connectivity index (χ2n) is 5.69. The van der Waals surface area contributed by atoms with Gasteiger partial charge in [-0.05, 0) is 49.5 Å². The molecule has 3 rings (SSSR count). The molecular formula is C19H21N3O4S. The summed E-state index contributed by atoms with van der Waals surface area (Å²) in [5.74, 6) is 2.73. The molecule has 1 heterocycles. The largest absolute Gasteiger partial charge is 0.493 e. The highest BCUT2D eigenvalue weighted by Crippen LogP contribution is 2.31. The molecule has 1 aliphatic heterocycles. The molecule has 0 fully saturated rings. The van der Waals surface area contributed by atoms with E-state index in [1.54, 1.807) is 26.4 Å². The molecule has 7 nitrogen and oxygen atoms in total. The van der Waals surface area contributed by atoms with Gasteiger partial charge in [-0.25, -0.2) is 0 Å². The lowest BCUT2D eigenvalue weighted by Crippen LogP contribution is -2.25. The van der Waals surface area contributed by atoms with Crippen LogP contribution in [0.2, 0.25) is 0 Å². The molecule has 0 unspecified atom stereocenters. The Labute approximate surface area is 163 Å². The molecule has 2 N–H and O–H groups in total. The topological polar surface area (TPSA) is 73.3 Å². The third kappa shape index (κ3) is 4.59. The first-order valence-corrected chi connectivity index (χ1v) is 8.75. The third-order valence-electron chi connectivity index (χ3n) is 3.93. The van der Waals surface area contributed by atoms with Gasteiger partial charge >= 0.3 is 0 Å². The van der Waals surface area contributed by atoms with Crippen LogP contribution in [0.1, 0.15) is 12.5 Å². The fourth-order valence-electron chi connectivity index (χ4n) is 2.54. The van der Waals surface area contributed by atoms with E-state index in [0.717, 1.165) is 28.5 Å². The first-order valence-electron chi connectivity index (χ1n) is 8.34. The van der Waals surface area contributed by atoms with E-state index in [0.29, 0.717) is 29.8 Å². The number of anilines is 1. The van der Waals surface area contributed by atoms with Crippen LogP contribution in [-0.4, -0.2) is 38.3 Å². The summed E-state index contributed by atoms with van der Waals surface area (Å²) in [7, 11) is 3.17. The van der Waals surface area contributed by atoms with Crippen molar-refractivity contribution < 1.29 is 18.9 Å². The van der Waals surface area contributed by atoms with Crippen LogP contribution in [0.4, 0.5) is 5.69 Å². The summed E-state index contributed by atoms with van der Waals surface area (Å²) in [4.78, 5) is 0. The molecule has 142 valence electrons. The highest BCUT2D eigenvalue weighted by molar-refractivity contribution is 7.80. The van der Waals surface area contributed by atoms with Crippen molar-refractivity contribution in [3.8, 4) is 23.0 Å². The molecule has 8 heteroatoms. The van der Waals surface area contributed by atoms with Crippen LogP contribution in [-0.2, 0) is 0 Å². The van der Waals surface area contributed by atoms with Crippen LogP contribution in [0, 0.1) is 0 Å². The van der Waals surface area contributed by atoms with Crippen molar-refractivity contribution in [1.29, 1.82) is 0 Å². The number of ether oxygens (including phenoxy) is 4. The van der Waals surface area contributed by atoms with Crippen LogP contribution in [0.5, 0.6) is 23.0 Å². The van der Waals surface area contributed by atoms with Crippen LogP contribution in [0.3, 0.4) is 0 Å². The Morgan fingerprint density at radius 3 is 2.48 bits per heavy atom. The molecule has 0 radical (unpaired) electrons. The van der Waals surface area contributed by atoms with Gasteiger partial charge in [0.05, 0.1) is 19.9 Å². The molecule has 0 amide bonds. The van der Waals surface area contributed by atoms with Gasteiger partial charge in [-0.1, -0.05) is 0 Å². The number of hydrazone groups is 1. The predicted molar refractivity (Wildman–Crippen MR) is 109 cm³/mol. The van der Waals surface area contributed by atoms with Gasteiger partial charge in [-0.3, -0.25) is 5.43 Å². The van der Waals surface area contributed by atoms with Crippen LogP contribution in [0.15, 0.2) is 41.5 Å². The summed E-state index contributed by atoms with van der Waals surface area (Å²) in [6.45, 7) is 3.00. The molecule has 1 aliphatic rings. The Morgan fingerprint density at radius 2 is 1.74 bits per heavy atom. The Balaban J connectivity index is 1.64. The van der Waals surface area contributed by atoms with E-state index in [2.05, 4.69) is 15.8 Å². The fourth-order valence-corrected chi connectivity index (χ4v) is 2.70. The van der Waals surface area contributed by atoms with Crippen molar-refractivity contribution in [3.05, 3.63) is 42.0 Å². The lowest BCUT2D eigenvalue weighted by molar-refractivity contribution is 0.171. The lowest BCUT2D eigenvalue weighted by Gasteiger charge is -2.18. The zero-order valence-corrected chi connectivity index (χ0v) is 16.2. The molecule has 0 atom stereocenters. The predicted octanol–water partition coefficient (Wildman–Crippen LogP) is 3.19. The van der Waals surface area contributed by atoms with E-state index in [1.165, 1.54) is 0 Å². The number of thiocarbonyl (C=S) groups is 1. The van der Waals surface area contributed by atoms with E-state index in [4.69, 9.17) is 31.2 Å². The average molecular weight is 387 g/mol. The quantitative estimate of drug-likeness (QED) is 0.464. The number of benzene rings is 2. The van der Waals surface area contributed by atoms with E-state index in [9.17, 15) is 0 Å². The van der Waals surface area contributed by atoms with Crippen LogP contribution in [0.25, 0.3) is 0 Å². The second kappa shape index (κ2) is 8.59. The molecule has 0 spiro atoms. The van der Waals surface area contributed by atoms with Gasteiger partial charge in [0.1, 0.15) is 13.2 Å². The molecule has 0 saturated heterocycles. The van der Waals surface area contributed by atoms with Gasteiger partial charge in [-0.2, -0.15) is 5.10 Å². The Hall–Kier alpha value is -3.00. The van der Waals surface area contributed by atoms with Gasteiger partial charge in [0.25, 0.3) is 0 Å². The summed E-state index contributed by atoms with van der Waals surface area (Å²) < 4.78 is 21.6. The Bertz CT molecular complexity index is 870. The number of nitrogens with one attached hydrogen (secondary N) is 2. The number of nitrogens with zero attached hydrogens (tertiary/aromatic N) is 1. The van der Waals surface area contributed by atoms with Gasteiger partial charge in [-0.15, -0.1) is 0 Å². The van der Waals surface area contributed by atoms with Gasteiger partial charge in [0, 0.05) is 17.3 Å². The standard InChI is InChI=1S/C19H21N3O4S/c1-12(13-4-6-16-18(10-13)26-9-8-25-16)21-22-19(27)20-14-5-7-15(23-2)17(11-14)24-3/h4-7,10-11H,8-9H2,1-3H3,(H2,20,22,27). The summed E-state index contributed by atoms with van der Waals surface area (Å²) >= 11 is 5.30. The monoisotopic (exact) mass is 387 g/mol. The molecule has 0 aromatic heterocycles. The number of rotatable bonds is 5. The first-order chi connectivity index (χ1) is 13.1. The van der Waals surface area contributed by atoms with Gasteiger partial charge < -0.3 is 24.3 Å². The number of fused-ring (bicyclic) bond motifs is 1. The van der Waals surface area contributed by atoms with Crippen molar-refractivity contribution in [3.63, 3.8) is 0 Å².